The van der Waals surface area contributed by atoms with Crippen molar-refractivity contribution in [2.45, 2.75) is 38.2 Å². The van der Waals surface area contributed by atoms with Crippen LogP contribution in [0.15, 0.2) is 48.7 Å². The summed E-state index contributed by atoms with van der Waals surface area (Å²) in [5.41, 5.74) is 2.54. The van der Waals surface area contributed by atoms with E-state index in [0.717, 1.165) is 34.9 Å². The molecule has 0 bridgehead atoms. The van der Waals surface area contributed by atoms with E-state index in [9.17, 15) is 9.59 Å². The molecular formula is C21H21N3O3. The van der Waals surface area contributed by atoms with Crippen molar-refractivity contribution in [2.75, 3.05) is 5.32 Å². The van der Waals surface area contributed by atoms with Gasteiger partial charge in [0.1, 0.15) is 0 Å². The third-order valence-electron chi connectivity index (χ3n) is 5.00. The Kier molecular flexibility index (Phi) is 4.62. The number of ether oxygens (including phenoxy) is 1. The lowest BCUT2D eigenvalue weighted by Gasteiger charge is -2.22. The van der Waals surface area contributed by atoms with Crippen LogP contribution >= 0.6 is 0 Å². The zero-order valence-corrected chi connectivity index (χ0v) is 15.1. The van der Waals surface area contributed by atoms with E-state index >= 15 is 0 Å². The predicted octanol–water partition coefficient (Wildman–Crippen LogP) is 3.55. The number of esters is 1. The normalized spacial score (nSPS) is 17.1. The molecule has 27 heavy (non-hydrogen) atoms. The first kappa shape index (κ1) is 17.3. The molecule has 1 aromatic heterocycles. The highest BCUT2D eigenvalue weighted by molar-refractivity contribution is 5.97. The number of rotatable bonds is 4. The molecule has 0 aliphatic heterocycles. The van der Waals surface area contributed by atoms with E-state index in [4.69, 9.17) is 4.74 Å². The van der Waals surface area contributed by atoms with Crippen LogP contribution in [0.5, 0.6) is 0 Å². The average Bonchev–Trinajstić information content (AvgIpc) is 3.16. The molecular weight excluding hydrogens is 342 g/mol. The third kappa shape index (κ3) is 3.56. The number of amides is 1. The first-order valence-electron chi connectivity index (χ1n) is 9.14. The molecule has 1 amide bonds. The summed E-state index contributed by atoms with van der Waals surface area (Å²) in [6, 6.07) is 13.6. The SMILES string of the molecule is C[C@@H](OC(=O)[C@H]1CCCc2cn[nH]c21)C(=O)Nc1ccc2ccccc2c1. The minimum atomic E-state index is -0.878. The maximum Gasteiger partial charge on any atom is 0.315 e. The summed E-state index contributed by atoms with van der Waals surface area (Å²) in [6.07, 6.45) is 3.40. The largest absolute Gasteiger partial charge is 0.452 e. The molecule has 0 unspecified atom stereocenters. The lowest BCUT2D eigenvalue weighted by Crippen LogP contribution is -2.32. The Bertz CT molecular complexity index is 995. The van der Waals surface area contributed by atoms with E-state index in [-0.39, 0.29) is 17.8 Å². The number of hydrogen-bond acceptors (Lipinski definition) is 4. The number of aromatic amines is 1. The fraction of sp³-hybridized carbons (Fsp3) is 0.286. The summed E-state index contributed by atoms with van der Waals surface area (Å²) in [6.45, 7) is 1.59. The van der Waals surface area contributed by atoms with E-state index < -0.39 is 6.10 Å². The second-order valence-electron chi connectivity index (χ2n) is 6.88. The quantitative estimate of drug-likeness (QED) is 0.694. The Morgan fingerprint density at radius 1 is 1.22 bits per heavy atom. The van der Waals surface area contributed by atoms with Crippen LogP contribution in [0.1, 0.15) is 36.9 Å². The molecule has 2 aromatic carbocycles. The number of hydrogen-bond donors (Lipinski definition) is 2. The maximum atomic E-state index is 12.6. The second kappa shape index (κ2) is 7.23. The van der Waals surface area contributed by atoms with Crippen LogP contribution in [0.4, 0.5) is 5.69 Å². The van der Waals surface area contributed by atoms with Crippen LogP contribution in [0.25, 0.3) is 10.8 Å². The summed E-state index contributed by atoms with van der Waals surface area (Å²) in [5.74, 6) is -1.12. The van der Waals surface area contributed by atoms with Gasteiger partial charge in [0.25, 0.3) is 5.91 Å². The molecule has 0 saturated heterocycles. The summed E-state index contributed by atoms with van der Waals surface area (Å²) >= 11 is 0. The Hall–Kier alpha value is -3.15. The van der Waals surface area contributed by atoms with Crippen molar-refractivity contribution < 1.29 is 14.3 Å². The van der Waals surface area contributed by atoms with Crippen LogP contribution in [-0.2, 0) is 20.7 Å². The zero-order valence-electron chi connectivity index (χ0n) is 15.1. The summed E-state index contributed by atoms with van der Waals surface area (Å²) in [5, 5.41) is 11.9. The van der Waals surface area contributed by atoms with Crippen molar-refractivity contribution in [2.24, 2.45) is 0 Å². The molecule has 1 aliphatic carbocycles. The number of aromatic nitrogens is 2. The fourth-order valence-corrected chi connectivity index (χ4v) is 3.52. The molecule has 0 radical (unpaired) electrons. The first-order chi connectivity index (χ1) is 13.1. The molecule has 6 heteroatoms. The van der Waals surface area contributed by atoms with E-state index in [1.54, 1.807) is 13.1 Å². The van der Waals surface area contributed by atoms with E-state index in [1.807, 2.05) is 42.5 Å². The van der Waals surface area contributed by atoms with Crippen molar-refractivity contribution in [1.29, 1.82) is 0 Å². The second-order valence-corrected chi connectivity index (χ2v) is 6.88. The molecule has 0 spiro atoms. The van der Waals surface area contributed by atoms with Gasteiger partial charge in [-0.2, -0.15) is 5.10 Å². The topological polar surface area (TPSA) is 84.1 Å². The smallest absolute Gasteiger partial charge is 0.315 e. The fourth-order valence-electron chi connectivity index (χ4n) is 3.52. The Balaban J connectivity index is 1.41. The minimum Gasteiger partial charge on any atom is -0.452 e. The van der Waals surface area contributed by atoms with Crippen molar-refractivity contribution >= 4 is 28.3 Å². The molecule has 2 atom stereocenters. The average molecular weight is 363 g/mol. The number of fused-ring (bicyclic) bond motifs is 2. The predicted molar refractivity (Wildman–Crippen MR) is 102 cm³/mol. The maximum absolute atomic E-state index is 12.6. The molecule has 6 nitrogen and oxygen atoms in total. The van der Waals surface area contributed by atoms with Crippen LogP contribution in [0.3, 0.4) is 0 Å². The molecule has 1 aliphatic rings. The highest BCUT2D eigenvalue weighted by Crippen LogP contribution is 2.31. The number of aryl methyl sites for hydroxylation is 1. The van der Waals surface area contributed by atoms with Crippen molar-refractivity contribution in [1.82, 2.24) is 10.2 Å². The number of anilines is 1. The van der Waals surface area contributed by atoms with E-state index in [2.05, 4.69) is 15.5 Å². The van der Waals surface area contributed by atoms with Gasteiger partial charge in [-0.3, -0.25) is 14.7 Å². The Labute approximate surface area is 156 Å². The van der Waals surface area contributed by atoms with Crippen LogP contribution in [0, 0.1) is 0 Å². The van der Waals surface area contributed by atoms with E-state index in [1.165, 1.54) is 0 Å². The minimum absolute atomic E-state index is 0.348. The summed E-state index contributed by atoms with van der Waals surface area (Å²) < 4.78 is 5.44. The number of carbonyl (C=O) groups excluding carboxylic acids is 2. The summed E-state index contributed by atoms with van der Waals surface area (Å²) in [7, 11) is 0. The van der Waals surface area contributed by atoms with Crippen molar-refractivity contribution in [3.8, 4) is 0 Å². The monoisotopic (exact) mass is 363 g/mol. The van der Waals surface area contributed by atoms with E-state index in [0.29, 0.717) is 12.1 Å². The van der Waals surface area contributed by atoms with Gasteiger partial charge in [-0.05, 0) is 54.7 Å². The number of carbonyl (C=O) groups is 2. The lowest BCUT2D eigenvalue weighted by molar-refractivity contribution is -0.155. The first-order valence-corrected chi connectivity index (χ1v) is 9.14. The highest BCUT2D eigenvalue weighted by Gasteiger charge is 2.31. The van der Waals surface area contributed by atoms with Crippen LogP contribution in [0.2, 0.25) is 0 Å². The summed E-state index contributed by atoms with van der Waals surface area (Å²) in [4.78, 5) is 25.0. The highest BCUT2D eigenvalue weighted by atomic mass is 16.5. The van der Waals surface area contributed by atoms with Gasteiger partial charge in [0, 0.05) is 5.69 Å². The van der Waals surface area contributed by atoms with Gasteiger partial charge >= 0.3 is 5.97 Å². The van der Waals surface area contributed by atoms with Crippen LogP contribution in [-0.4, -0.2) is 28.2 Å². The van der Waals surface area contributed by atoms with Crippen molar-refractivity contribution in [3.63, 3.8) is 0 Å². The molecule has 2 N–H and O–H groups in total. The standard InChI is InChI=1S/C21H21N3O3/c1-13(27-21(26)18-8-4-7-16-12-22-24-19(16)18)20(25)23-17-10-9-14-5-2-3-6-15(14)11-17/h2-3,5-6,9-13,18H,4,7-8H2,1H3,(H,22,24)(H,23,25)/t13-,18+/m1/s1. The van der Waals surface area contributed by atoms with Gasteiger partial charge in [-0.25, -0.2) is 0 Å². The van der Waals surface area contributed by atoms with Gasteiger partial charge in [-0.15, -0.1) is 0 Å². The molecule has 1 heterocycles. The number of nitrogens with zero attached hydrogens (tertiary/aromatic N) is 1. The molecule has 4 rings (SSSR count). The third-order valence-corrected chi connectivity index (χ3v) is 5.00. The Morgan fingerprint density at radius 2 is 2.04 bits per heavy atom. The van der Waals surface area contributed by atoms with Gasteiger partial charge in [0.05, 0.1) is 17.8 Å². The van der Waals surface area contributed by atoms with Gasteiger partial charge < -0.3 is 10.1 Å². The number of benzene rings is 2. The van der Waals surface area contributed by atoms with Gasteiger partial charge in [0.2, 0.25) is 0 Å². The Morgan fingerprint density at radius 3 is 2.89 bits per heavy atom. The zero-order chi connectivity index (χ0) is 18.8. The van der Waals surface area contributed by atoms with Crippen molar-refractivity contribution in [3.05, 3.63) is 59.9 Å². The van der Waals surface area contributed by atoms with Crippen LogP contribution < -0.4 is 5.32 Å². The molecule has 138 valence electrons. The molecule has 0 saturated carbocycles. The number of H-pyrrole nitrogens is 1. The lowest BCUT2D eigenvalue weighted by atomic mass is 9.88. The molecule has 3 aromatic rings. The number of nitrogens with one attached hydrogen (secondary N) is 2. The van der Waals surface area contributed by atoms with Gasteiger partial charge in [0.15, 0.2) is 6.10 Å². The van der Waals surface area contributed by atoms with Gasteiger partial charge in [-0.1, -0.05) is 30.3 Å². The molecule has 0 fully saturated rings.